The lowest BCUT2D eigenvalue weighted by atomic mass is 10.1. The molecule has 4 heteroatoms. The van der Waals surface area contributed by atoms with Gasteiger partial charge in [0.2, 0.25) is 0 Å². The van der Waals surface area contributed by atoms with Gasteiger partial charge in [-0.2, -0.15) is 0 Å². The van der Waals surface area contributed by atoms with Gasteiger partial charge in [-0.1, -0.05) is 35.8 Å². The van der Waals surface area contributed by atoms with Crippen LogP contribution in [-0.2, 0) is 4.74 Å². The molecule has 21 heavy (non-hydrogen) atoms. The van der Waals surface area contributed by atoms with Crippen molar-refractivity contribution in [1.82, 2.24) is 5.32 Å². The first-order chi connectivity index (χ1) is 10.2. The highest BCUT2D eigenvalue weighted by Crippen LogP contribution is 2.30. The molecule has 2 rings (SSSR count). The fourth-order valence-corrected chi connectivity index (χ4v) is 3.56. The van der Waals surface area contributed by atoms with Crippen molar-refractivity contribution in [2.45, 2.75) is 45.7 Å². The zero-order chi connectivity index (χ0) is 15.2. The van der Waals surface area contributed by atoms with Gasteiger partial charge in [0.1, 0.15) is 0 Å². The summed E-state index contributed by atoms with van der Waals surface area (Å²) in [6.45, 7) is 10.3. The van der Waals surface area contributed by atoms with Gasteiger partial charge in [-0.05, 0) is 44.0 Å². The number of hydrogen-bond donors (Lipinski definition) is 1. The average molecular weight is 355 g/mol. The molecule has 3 nitrogen and oxygen atoms in total. The summed E-state index contributed by atoms with van der Waals surface area (Å²) in [7, 11) is 0. The summed E-state index contributed by atoms with van der Waals surface area (Å²) in [5.74, 6) is 0. The van der Waals surface area contributed by atoms with E-state index in [2.05, 4.69) is 65.1 Å². The molecule has 1 aliphatic rings. The van der Waals surface area contributed by atoms with E-state index in [1.54, 1.807) is 0 Å². The van der Waals surface area contributed by atoms with Gasteiger partial charge < -0.3 is 15.0 Å². The number of hydrogen-bond acceptors (Lipinski definition) is 3. The van der Waals surface area contributed by atoms with Crippen molar-refractivity contribution < 1.29 is 4.74 Å². The van der Waals surface area contributed by atoms with Crippen LogP contribution in [-0.4, -0.2) is 32.3 Å². The Hall–Kier alpha value is -0.580. The van der Waals surface area contributed by atoms with Crippen molar-refractivity contribution in [2.24, 2.45) is 0 Å². The zero-order valence-corrected chi connectivity index (χ0v) is 14.9. The van der Waals surface area contributed by atoms with Gasteiger partial charge in [0.15, 0.2) is 0 Å². The summed E-state index contributed by atoms with van der Waals surface area (Å²) in [4.78, 5) is 2.47. The highest BCUT2D eigenvalue weighted by molar-refractivity contribution is 9.10. The van der Waals surface area contributed by atoms with Crippen LogP contribution in [0, 0.1) is 0 Å². The van der Waals surface area contributed by atoms with E-state index in [1.807, 2.05) is 0 Å². The second-order valence-electron chi connectivity index (χ2n) is 5.71. The van der Waals surface area contributed by atoms with Crippen molar-refractivity contribution in [1.29, 1.82) is 0 Å². The van der Waals surface area contributed by atoms with E-state index in [9.17, 15) is 0 Å². The Morgan fingerprint density at radius 2 is 2.24 bits per heavy atom. The van der Waals surface area contributed by atoms with E-state index < -0.39 is 0 Å². The molecule has 1 aliphatic heterocycles. The van der Waals surface area contributed by atoms with Crippen LogP contribution in [0.25, 0.3) is 0 Å². The van der Waals surface area contributed by atoms with E-state index >= 15 is 0 Å². The number of ether oxygens (including phenoxy) is 1. The summed E-state index contributed by atoms with van der Waals surface area (Å²) in [5, 5.41) is 3.54. The standard InChI is InChI=1S/C17H27BrN2O/c1-4-8-19-13(3)16-7-6-15(11-17(16)18)20-9-10-21-12-14(20)5-2/h6-7,11,13-14,19H,4-5,8-10,12H2,1-3H3. The summed E-state index contributed by atoms with van der Waals surface area (Å²) >= 11 is 3.75. The third kappa shape index (κ3) is 4.21. The van der Waals surface area contributed by atoms with Crippen molar-refractivity contribution in [3.05, 3.63) is 28.2 Å². The minimum atomic E-state index is 0.375. The molecule has 2 unspecified atom stereocenters. The van der Waals surface area contributed by atoms with Crippen molar-refractivity contribution in [3.8, 4) is 0 Å². The molecule has 1 fully saturated rings. The molecule has 0 aliphatic carbocycles. The molecule has 0 spiro atoms. The number of rotatable bonds is 6. The molecule has 0 saturated carbocycles. The Bertz CT molecular complexity index is 452. The van der Waals surface area contributed by atoms with Crippen LogP contribution in [0.1, 0.15) is 45.2 Å². The van der Waals surface area contributed by atoms with Gasteiger partial charge in [-0.25, -0.2) is 0 Å². The Morgan fingerprint density at radius 1 is 1.43 bits per heavy atom. The molecule has 0 bridgehead atoms. The molecule has 1 heterocycles. The van der Waals surface area contributed by atoms with E-state index in [-0.39, 0.29) is 0 Å². The molecule has 1 aromatic carbocycles. The summed E-state index contributed by atoms with van der Waals surface area (Å²) in [6, 6.07) is 7.62. The quantitative estimate of drug-likeness (QED) is 0.831. The highest BCUT2D eigenvalue weighted by Gasteiger charge is 2.22. The van der Waals surface area contributed by atoms with Crippen LogP contribution in [0.5, 0.6) is 0 Å². The topological polar surface area (TPSA) is 24.5 Å². The van der Waals surface area contributed by atoms with Gasteiger partial charge in [0.05, 0.1) is 19.3 Å². The molecular weight excluding hydrogens is 328 g/mol. The predicted octanol–water partition coefficient (Wildman–Crippen LogP) is 4.12. The monoisotopic (exact) mass is 354 g/mol. The Kier molecular flexibility index (Phi) is 6.52. The van der Waals surface area contributed by atoms with Crippen LogP contribution in [0.3, 0.4) is 0 Å². The lowest BCUT2D eigenvalue weighted by Crippen LogP contribution is -2.45. The van der Waals surface area contributed by atoms with E-state index in [0.717, 1.165) is 39.1 Å². The molecule has 0 aromatic heterocycles. The Labute approximate surface area is 137 Å². The van der Waals surface area contributed by atoms with E-state index in [1.165, 1.54) is 15.7 Å². The minimum Gasteiger partial charge on any atom is -0.377 e. The third-order valence-corrected chi connectivity index (χ3v) is 4.87. The lowest BCUT2D eigenvalue weighted by molar-refractivity contribution is 0.0930. The van der Waals surface area contributed by atoms with Crippen LogP contribution in [0.2, 0.25) is 0 Å². The first kappa shape index (κ1) is 16.8. The number of nitrogens with zero attached hydrogens (tertiary/aromatic N) is 1. The van der Waals surface area contributed by atoms with E-state index in [4.69, 9.17) is 4.74 Å². The van der Waals surface area contributed by atoms with Crippen LogP contribution < -0.4 is 10.2 Å². The number of nitrogens with one attached hydrogen (secondary N) is 1. The number of morpholine rings is 1. The second kappa shape index (κ2) is 8.16. The first-order valence-corrected chi connectivity index (χ1v) is 8.83. The molecular formula is C17H27BrN2O. The fourth-order valence-electron chi connectivity index (χ4n) is 2.85. The van der Waals surface area contributed by atoms with E-state index in [0.29, 0.717) is 12.1 Å². The number of halogens is 1. The molecule has 118 valence electrons. The normalized spacial score (nSPS) is 20.6. The largest absolute Gasteiger partial charge is 0.377 e. The van der Waals surface area contributed by atoms with Crippen LogP contribution >= 0.6 is 15.9 Å². The number of benzene rings is 1. The molecule has 1 aromatic rings. The Morgan fingerprint density at radius 3 is 2.90 bits per heavy atom. The van der Waals surface area contributed by atoms with Crippen LogP contribution in [0.15, 0.2) is 22.7 Å². The molecule has 0 amide bonds. The minimum absolute atomic E-state index is 0.375. The first-order valence-electron chi connectivity index (χ1n) is 8.04. The fraction of sp³-hybridized carbons (Fsp3) is 0.647. The molecule has 1 saturated heterocycles. The summed E-state index contributed by atoms with van der Waals surface area (Å²) in [5.41, 5.74) is 2.62. The molecule has 1 N–H and O–H groups in total. The van der Waals surface area contributed by atoms with Gasteiger partial charge in [0.25, 0.3) is 0 Å². The number of anilines is 1. The van der Waals surface area contributed by atoms with Gasteiger partial charge in [-0.3, -0.25) is 0 Å². The maximum Gasteiger partial charge on any atom is 0.0670 e. The smallest absolute Gasteiger partial charge is 0.0670 e. The molecule has 2 atom stereocenters. The Balaban J connectivity index is 2.14. The SMILES string of the molecule is CCCNC(C)c1ccc(N2CCOCC2CC)cc1Br. The van der Waals surface area contributed by atoms with Crippen LogP contribution in [0.4, 0.5) is 5.69 Å². The van der Waals surface area contributed by atoms with Gasteiger partial charge in [0, 0.05) is 22.7 Å². The van der Waals surface area contributed by atoms with Gasteiger partial charge in [-0.15, -0.1) is 0 Å². The third-order valence-electron chi connectivity index (χ3n) is 4.18. The average Bonchev–Trinajstić information content (AvgIpc) is 2.52. The summed E-state index contributed by atoms with van der Waals surface area (Å²) in [6.07, 6.45) is 2.28. The van der Waals surface area contributed by atoms with Crippen molar-refractivity contribution in [2.75, 3.05) is 31.2 Å². The maximum absolute atomic E-state index is 5.60. The zero-order valence-electron chi connectivity index (χ0n) is 13.4. The maximum atomic E-state index is 5.60. The predicted molar refractivity (Wildman–Crippen MR) is 93.1 cm³/mol. The van der Waals surface area contributed by atoms with Crippen molar-refractivity contribution >= 4 is 21.6 Å². The highest BCUT2D eigenvalue weighted by atomic mass is 79.9. The van der Waals surface area contributed by atoms with Crippen molar-refractivity contribution in [3.63, 3.8) is 0 Å². The second-order valence-corrected chi connectivity index (χ2v) is 6.57. The summed E-state index contributed by atoms with van der Waals surface area (Å²) < 4.78 is 6.79. The molecule has 0 radical (unpaired) electrons. The lowest BCUT2D eigenvalue weighted by Gasteiger charge is -2.37. The van der Waals surface area contributed by atoms with Gasteiger partial charge >= 0.3 is 0 Å².